The summed E-state index contributed by atoms with van der Waals surface area (Å²) in [7, 11) is 0. The number of carbonyl (C=O) groups is 2. The van der Waals surface area contributed by atoms with E-state index < -0.39 is 12.0 Å². The van der Waals surface area contributed by atoms with E-state index in [4.69, 9.17) is 4.74 Å². The summed E-state index contributed by atoms with van der Waals surface area (Å²) in [6.45, 7) is 8.60. The standard InChI is InChI=1S/C31H34N4O4/c1-5-34-27-14-13-26(20(3)29(27)32-33-34)28(23-12-11-19(2)24(16-23)17-36)21(4)30(37)35-25(18-39-31(35)38)15-22-9-7-6-8-10-22/h6-14,16,21,25,28,36H,5,15,17-18H2,1-4H3/t21-,25?,28+/m0/s1. The number of rotatable bonds is 8. The Morgan fingerprint density at radius 2 is 1.90 bits per heavy atom. The Kier molecular flexibility index (Phi) is 7.48. The van der Waals surface area contributed by atoms with Crippen LogP contribution in [0.2, 0.25) is 0 Å². The Labute approximate surface area is 228 Å². The molecule has 4 aromatic rings. The Morgan fingerprint density at radius 3 is 2.62 bits per heavy atom. The molecule has 0 saturated carbocycles. The highest BCUT2D eigenvalue weighted by Crippen LogP contribution is 2.38. The van der Waals surface area contributed by atoms with Crippen molar-refractivity contribution < 1.29 is 19.4 Å². The lowest BCUT2D eigenvalue weighted by Crippen LogP contribution is -2.44. The summed E-state index contributed by atoms with van der Waals surface area (Å²) in [6, 6.07) is 19.4. The summed E-state index contributed by atoms with van der Waals surface area (Å²) in [6.07, 6.45) is -0.0791. The first-order valence-electron chi connectivity index (χ1n) is 13.4. The Balaban J connectivity index is 1.57. The monoisotopic (exact) mass is 526 g/mol. The summed E-state index contributed by atoms with van der Waals surface area (Å²) in [5.74, 6) is -1.27. The zero-order chi connectivity index (χ0) is 27.7. The first-order chi connectivity index (χ1) is 18.8. The van der Waals surface area contributed by atoms with Gasteiger partial charge in [-0.1, -0.05) is 66.7 Å². The average molecular weight is 527 g/mol. The Morgan fingerprint density at radius 1 is 1.13 bits per heavy atom. The lowest BCUT2D eigenvalue weighted by molar-refractivity contribution is -0.133. The van der Waals surface area contributed by atoms with Crippen molar-refractivity contribution in [1.82, 2.24) is 19.9 Å². The van der Waals surface area contributed by atoms with Crippen LogP contribution in [0.25, 0.3) is 11.0 Å². The van der Waals surface area contributed by atoms with Crippen LogP contribution in [0.1, 0.15) is 53.1 Å². The molecule has 1 fully saturated rings. The van der Waals surface area contributed by atoms with Crippen LogP contribution >= 0.6 is 0 Å². The molecule has 3 atom stereocenters. The van der Waals surface area contributed by atoms with E-state index >= 15 is 0 Å². The van der Waals surface area contributed by atoms with Gasteiger partial charge in [-0.2, -0.15) is 0 Å². The van der Waals surface area contributed by atoms with Gasteiger partial charge in [0.2, 0.25) is 5.91 Å². The van der Waals surface area contributed by atoms with Crippen LogP contribution in [0.5, 0.6) is 0 Å². The fraction of sp³-hybridized carbons (Fsp3) is 0.355. The van der Waals surface area contributed by atoms with Gasteiger partial charge in [-0.3, -0.25) is 4.79 Å². The molecule has 0 spiro atoms. The highest BCUT2D eigenvalue weighted by Gasteiger charge is 2.42. The fourth-order valence-corrected chi connectivity index (χ4v) is 5.68. The minimum Gasteiger partial charge on any atom is -0.447 e. The van der Waals surface area contributed by atoms with Gasteiger partial charge >= 0.3 is 6.09 Å². The number of cyclic esters (lactones) is 1. The number of ether oxygens (including phenoxy) is 1. The number of hydrogen-bond donors (Lipinski definition) is 1. The van der Waals surface area contributed by atoms with Gasteiger partial charge in [-0.15, -0.1) is 5.10 Å². The second-order valence-electron chi connectivity index (χ2n) is 10.3. The molecule has 5 rings (SSSR count). The third kappa shape index (κ3) is 4.92. The number of aryl methyl sites for hydroxylation is 3. The largest absolute Gasteiger partial charge is 0.447 e. The van der Waals surface area contributed by atoms with Gasteiger partial charge in [0, 0.05) is 18.4 Å². The van der Waals surface area contributed by atoms with Crippen LogP contribution in [0.4, 0.5) is 4.79 Å². The molecule has 39 heavy (non-hydrogen) atoms. The predicted molar refractivity (Wildman–Crippen MR) is 148 cm³/mol. The van der Waals surface area contributed by atoms with E-state index in [-0.39, 0.29) is 31.1 Å². The molecule has 0 radical (unpaired) electrons. The molecule has 2 amide bonds. The summed E-state index contributed by atoms with van der Waals surface area (Å²) in [5.41, 5.74) is 7.30. The normalized spacial score (nSPS) is 16.9. The van der Waals surface area contributed by atoms with Gasteiger partial charge in [0.1, 0.15) is 12.1 Å². The van der Waals surface area contributed by atoms with Crippen LogP contribution < -0.4 is 0 Å². The molecule has 8 heteroatoms. The maximum Gasteiger partial charge on any atom is 0.416 e. The Hall–Kier alpha value is -4.04. The van der Waals surface area contributed by atoms with Gasteiger partial charge in [-0.05, 0) is 66.6 Å². The van der Waals surface area contributed by atoms with Crippen LogP contribution in [-0.2, 0) is 29.1 Å². The highest BCUT2D eigenvalue weighted by atomic mass is 16.6. The lowest BCUT2D eigenvalue weighted by atomic mass is 9.78. The van der Waals surface area contributed by atoms with Crippen molar-refractivity contribution in [2.24, 2.45) is 5.92 Å². The van der Waals surface area contributed by atoms with E-state index in [9.17, 15) is 14.7 Å². The number of aromatic nitrogens is 3. The molecular formula is C31H34N4O4. The molecule has 1 saturated heterocycles. The number of hydrogen-bond acceptors (Lipinski definition) is 6. The van der Waals surface area contributed by atoms with Crippen molar-refractivity contribution in [3.63, 3.8) is 0 Å². The van der Waals surface area contributed by atoms with Gasteiger partial charge < -0.3 is 9.84 Å². The molecule has 3 aromatic carbocycles. The molecule has 1 aliphatic heterocycles. The number of carbonyl (C=O) groups excluding carboxylic acids is 2. The van der Waals surface area contributed by atoms with E-state index in [1.165, 1.54) is 4.90 Å². The number of nitrogens with zero attached hydrogens (tertiary/aromatic N) is 4. The van der Waals surface area contributed by atoms with E-state index in [1.807, 2.05) is 93.0 Å². The van der Waals surface area contributed by atoms with Crippen molar-refractivity contribution in [1.29, 1.82) is 0 Å². The molecule has 2 heterocycles. The summed E-state index contributed by atoms with van der Waals surface area (Å²) >= 11 is 0. The highest BCUT2D eigenvalue weighted by molar-refractivity contribution is 5.95. The molecule has 0 bridgehead atoms. The predicted octanol–water partition coefficient (Wildman–Crippen LogP) is 4.92. The van der Waals surface area contributed by atoms with E-state index in [2.05, 4.69) is 10.3 Å². The molecule has 1 N–H and O–H groups in total. The van der Waals surface area contributed by atoms with Crippen LogP contribution in [-0.4, -0.2) is 49.6 Å². The number of aliphatic hydroxyl groups is 1. The summed E-state index contributed by atoms with van der Waals surface area (Å²) in [4.78, 5) is 28.3. The molecule has 202 valence electrons. The zero-order valence-corrected chi connectivity index (χ0v) is 22.8. The van der Waals surface area contributed by atoms with E-state index in [0.717, 1.165) is 44.4 Å². The summed E-state index contributed by atoms with van der Waals surface area (Å²) < 4.78 is 7.22. The van der Waals surface area contributed by atoms with Crippen molar-refractivity contribution in [3.8, 4) is 0 Å². The maximum absolute atomic E-state index is 14.1. The first-order valence-corrected chi connectivity index (χ1v) is 13.4. The van der Waals surface area contributed by atoms with Crippen molar-refractivity contribution in [2.45, 2.75) is 59.2 Å². The minimum atomic E-state index is -0.607. The second-order valence-corrected chi connectivity index (χ2v) is 10.3. The SMILES string of the molecule is CCn1nnc2c(C)c([C@@H](c3ccc(C)c(CO)c3)[C@H](C)C(=O)N3C(=O)OCC3Cc3ccccc3)ccc21. The van der Waals surface area contributed by atoms with Gasteiger partial charge in [0.05, 0.1) is 18.2 Å². The number of aliphatic hydroxyl groups excluding tert-OH is 1. The van der Waals surface area contributed by atoms with Gasteiger partial charge in [-0.25, -0.2) is 14.4 Å². The molecular weight excluding hydrogens is 492 g/mol. The van der Waals surface area contributed by atoms with E-state index in [0.29, 0.717) is 13.0 Å². The Bertz CT molecular complexity index is 1510. The summed E-state index contributed by atoms with van der Waals surface area (Å²) in [5, 5.41) is 18.7. The molecule has 0 aliphatic carbocycles. The smallest absolute Gasteiger partial charge is 0.416 e. The topological polar surface area (TPSA) is 97.5 Å². The lowest BCUT2D eigenvalue weighted by Gasteiger charge is -2.30. The fourth-order valence-electron chi connectivity index (χ4n) is 5.68. The van der Waals surface area contributed by atoms with Crippen LogP contribution in [0.3, 0.4) is 0 Å². The third-order valence-corrected chi connectivity index (χ3v) is 7.92. The number of fused-ring (bicyclic) bond motifs is 1. The molecule has 1 aliphatic rings. The number of amides is 2. The van der Waals surface area contributed by atoms with Crippen molar-refractivity contribution >= 4 is 23.0 Å². The second kappa shape index (κ2) is 11.0. The molecule has 1 unspecified atom stereocenters. The number of benzene rings is 3. The molecule has 1 aromatic heterocycles. The zero-order valence-electron chi connectivity index (χ0n) is 22.8. The van der Waals surface area contributed by atoms with Crippen molar-refractivity contribution in [3.05, 3.63) is 94.0 Å². The quantitative estimate of drug-likeness (QED) is 0.350. The maximum atomic E-state index is 14.1. The first kappa shape index (κ1) is 26.6. The average Bonchev–Trinajstić information content (AvgIpc) is 3.54. The number of imide groups is 1. The minimum absolute atomic E-state index is 0.102. The van der Waals surface area contributed by atoms with Crippen LogP contribution in [0.15, 0.2) is 60.7 Å². The van der Waals surface area contributed by atoms with Gasteiger partial charge in [0.15, 0.2) is 0 Å². The van der Waals surface area contributed by atoms with Crippen LogP contribution in [0, 0.1) is 19.8 Å². The van der Waals surface area contributed by atoms with E-state index in [1.54, 1.807) is 0 Å². The van der Waals surface area contributed by atoms with Gasteiger partial charge in [0.25, 0.3) is 0 Å². The molecule has 8 nitrogen and oxygen atoms in total. The van der Waals surface area contributed by atoms with Crippen molar-refractivity contribution in [2.75, 3.05) is 6.61 Å². The third-order valence-electron chi connectivity index (χ3n) is 7.92.